The second-order valence-corrected chi connectivity index (χ2v) is 4.13. The molecule has 0 aliphatic carbocycles. The van der Waals surface area contributed by atoms with Gasteiger partial charge < -0.3 is 10.4 Å². The Bertz CT molecular complexity index is 297. The lowest BCUT2D eigenvalue weighted by atomic mass is 10.1. The highest BCUT2D eigenvalue weighted by Crippen LogP contribution is 2.06. The maximum Gasteiger partial charge on any atom is 0.245 e. The number of amides is 1. The van der Waals surface area contributed by atoms with Crippen molar-refractivity contribution in [3.63, 3.8) is 0 Å². The van der Waals surface area contributed by atoms with Crippen LogP contribution in [0.25, 0.3) is 0 Å². The Hall–Kier alpha value is -0.620. The van der Waals surface area contributed by atoms with E-state index in [0.29, 0.717) is 6.54 Å². The molecule has 0 aromatic heterocycles. The van der Waals surface area contributed by atoms with Gasteiger partial charge in [0.25, 0.3) is 0 Å². The molecule has 3 nitrogen and oxygen atoms in total. The Balaban J connectivity index is 2.31. The third kappa shape index (κ3) is 4.06. The fourth-order valence-electron chi connectivity index (χ4n) is 1.05. The topological polar surface area (TPSA) is 49.3 Å². The normalized spacial score (nSPS) is 9.86. The van der Waals surface area contributed by atoms with Crippen molar-refractivity contribution in [3.8, 4) is 0 Å². The molecule has 0 saturated carbocycles. The molecule has 0 bridgehead atoms. The summed E-state index contributed by atoms with van der Waals surface area (Å²) in [5.41, 5.74) is 1.18. The standard InChI is InChI=1S/C10H12INO2/c11-9-3-1-8(2-4-9)5-6-12-10(14)7-13/h1-4,13H,5-7H2,(H,12,14). The molecule has 0 fully saturated rings. The molecule has 76 valence electrons. The summed E-state index contributed by atoms with van der Waals surface area (Å²) >= 11 is 2.25. The number of nitrogens with one attached hydrogen (secondary N) is 1. The molecule has 1 aromatic rings. The fraction of sp³-hybridized carbons (Fsp3) is 0.300. The first-order valence-corrected chi connectivity index (χ1v) is 5.42. The summed E-state index contributed by atoms with van der Waals surface area (Å²) in [6.07, 6.45) is 0.794. The first kappa shape index (κ1) is 11.5. The van der Waals surface area contributed by atoms with Crippen LogP contribution in [0.5, 0.6) is 0 Å². The van der Waals surface area contributed by atoms with Gasteiger partial charge >= 0.3 is 0 Å². The van der Waals surface area contributed by atoms with E-state index in [1.807, 2.05) is 24.3 Å². The number of carbonyl (C=O) groups excluding carboxylic acids is 1. The fourth-order valence-corrected chi connectivity index (χ4v) is 1.41. The average molecular weight is 305 g/mol. The lowest BCUT2D eigenvalue weighted by Gasteiger charge is -2.03. The van der Waals surface area contributed by atoms with E-state index in [1.165, 1.54) is 9.13 Å². The predicted molar refractivity (Wildman–Crippen MR) is 63.0 cm³/mol. The van der Waals surface area contributed by atoms with Crippen molar-refractivity contribution in [2.45, 2.75) is 6.42 Å². The molecule has 0 heterocycles. The summed E-state index contributed by atoms with van der Waals surface area (Å²) < 4.78 is 1.20. The lowest BCUT2D eigenvalue weighted by Crippen LogP contribution is -2.28. The average Bonchev–Trinajstić information content (AvgIpc) is 2.21. The zero-order valence-corrected chi connectivity index (χ0v) is 9.82. The van der Waals surface area contributed by atoms with Gasteiger partial charge in [0.05, 0.1) is 0 Å². The molecule has 0 unspecified atom stereocenters. The minimum absolute atomic E-state index is 0.324. The molecule has 1 aromatic carbocycles. The monoisotopic (exact) mass is 305 g/mol. The highest BCUT2D eigenvalue weighted by Gasteiger charge is 1.97. The van der Waals surface area contributed by atoms with E-state index in [9.17, 15) is 4.79 Å². The van der Waals surface area contributed by atoms with Crippen LogP contribution in [0.1, 0.15) is 5.56 Å². The quantitative estimate of drug-likeness (QED) is 0.814. The molecule has 0 aliphatic heterocycles. The smallest absolute Gasteiger partial charge is 0.245 e. The number of hydrogen-bond acceptors (Lipinski definition) is 2. The number of aliphatic hydroxyl groups excluding tert-OH is 1. The van der Waals surface area contributed by atoms with Gasteiger partial charge in [-0.25, -0.2) is 0 Å². The van der Waals surface area contributed by atoms with E-state index in [0.717, 1.165) is 6.42 Å². The van der Waals surface area contributed by atoms with Gasteiger partial charge in [-0.1, -0.05) is 12.1 Å². The zero-order chi connectivity index (χ0) is 10.4. The predicted octanol–water partition coefficient (Wildman–Crippen LogP) is 0.942. The summed E-state index contributed by atoms with van der Waals surface area (Å²) in [4.78, 5) is 10.7. The maximum absolute atomic E-state index is 10.7. The summed E-state index contributed by atoms with van der Waals surface area (Å²) in [7, 11) is 0. The Morgan fingerprint density at radius 1 is 1.36 bits per heavy atom. The Morgan fingerprint density at radius 2 is 2.00 bits per heavy atom. The minimum Gasteiger partial charge on any atom is -0.387 e. The number of halogens is 1. The van der Waals surface area contributed by atoms with Crippen LogP contribution in [0.3, 0.4) is 0 Å². The molecule has 0 radical (unpaired) electrons. The second-order valence-electron chi connectivity index (χ2n) is 2.88. The third-order valence-electron chi connectivity index (χ3n) is 1.79. The summed E-state index contributed by atoms with van der Waals surface area (Å²) in [6, 6.07) is 8.13. The highest BCUT2D eigenvalue weighted by molar-refractivity contribution is 14.1. The van der Waals surface area contributed by atoms with Crippen molar-refractivity contribution in [3.05, 3.63) is 33.4 Å². The Morgan fingerprint density at radius 3 is 2.57 bits per heavy atom. The highest BCUT2D eigenvalue weighted by atomic mass is 127. The molecular formula is C10H12INO2. The number of rotatable bonds is 4. The van der Waals surface area contributed by atoms with Gasteiger partial charge in [-0.2, -0.15) is 0 Å². The molecule has 0 aliphatic rings. The van der Waals surface area contributed by atoms with Gasteiger partial charge in [0, 0.05) is 10.1 Å². The first-order valence-electron chi connectivity index (χ1n) is 4.34. The van der Waals surface area contributed by atoms with Crippen molar-refractivity contribution in [1.29, 1.82) is 0 Å². The van der Waals surface area contributed by atoms with Gasteiger partial charge in [-0.05, 0) is 46.7 Å². The molecule has 0 spiro atoms. The number of aliphatic hydroxyl groups is 1. The molecule has 2 N–H and O–H groups in total. The number of hydrogen-bond donors (Lipinski definition) is 2. The van der Waals surface area contributed by atoms with E-state index < -0.39 is 6.61 Å². The van der Waals surface area contributed by atoms with Crippen LogP contribution < -0.4 is 5.32 Å². The van der Waals surface area contributed by atoms with Gasteiger partial charge in [-0.15, -0.1) is 0 Å². The van der Waals surface area contributed by atoms with Gasteiger partial charge in [0.15, 0.2) is 0 Å². The van der Waals surface area contributed by atoms with Crippen molar-refractivity contribution < 1.29 is 9.90 Å². The van der Waals surface area contributed by atoms with E-state index in [-0.39, 0.29) is 5.91 Å². The molecule has 1 rings (SSSR count). The zero-order valence-electron chi connectivity index (χ0n) is 7.66. The van der Waals surface area contributed by atoms with E-state index in [2.05, 4.69) is 27.9 Å². The molecule has 14 heavy (non-hydrogen) atoms. The Kier molecular flexibility index (Phi) is 4.89. The van der Waals surface area contributed by atoms with Crippen LogP contribution >= 0.6 is 22.6 Å². The SMILES string of the molecule is O=C(CO)NCCc1ccc(I)cc1. The molecule has 1 amide bonds. The van der Waals surface area contributed by atoms with Crippen molar-refractivity contribution in [2.75, 3.05) is 13.2 Å². The minimum atomic E-state index is -0.438. The van der Waals surface area contributed by atoms with Crippen LogP contribution in [0.4, 0.5) is 0 Å². The summed E-state index contributed by atoms with van der Waals surface area (Å²) in [5.74, 6) is -0.324. The van der Waals surface area contributed by atoms with Crippen molar-refractivity contribution >= 4 is 28.5 Å². The van der Waals surface area contributed by atoms with Gasteiger partial charge in [0.2, 0.25) is 5.91 Å². The van der Waals surface area contributed by atoms with Crippen LogP contribution in [-0.4, -0.2) is 24.2 Å². The molecule has 0 saturated heterocycles. The summed E-state index contributed by atoms with van der Waals surface area (Å²) in [5, 5.41) is 11.1. The van der Waals surface area contributed by atoms with Crippen LogP contribution in [-0.2, 0) is 11.2 Å². The summed E-state index contributed by atoms with van der Waals surface area (Å²) in [6.45, 7) is 0.132. The Labute approximate surface area is 96.7 Å². The number of carbonyl (C=O) groups is 1. The molecule has 0 atom stereocenters. The van der Waals surface area contributed by atoms with E-state index in [4.69, 9.17) is 5.11 Å². The largest absolute Gasteiger partial charge is 0.387 e. The van der Waals surface area contributed by atoms with Gasteiger partial charge in [-0.3, -0.25) is 4.79 Å². The van der Waals surface area contributed by atoms with Crippen molar-refractivity contribution in [2.24, 2.45) is 0 Å². The number of benzene rings is 1. The van der Waals surface area contributed by atoms with E-state index in [1.54, 1.807) is 0 Å². The molecule has 4 heteroatoms. The van der Waals surface area contributed by atoms with Gasteiger partial charge in [0.1, 0.15) is 6.61 Å². The van der Waals surface area contributed by atoms with Crippen LogP contribution in [0, 0.1) is 3.57 Å². The van der Waals surface area contributed by atoms with Crippen molar-refractivity contribution in [1.82, 2.24) is 5.32 Å². The second kappa shape index (κ2) is 5.98. The van der Waals surface area contributed by atoms with E-state index >= 15 is 0 Å². The lowest BCUT2D eigenvalue weighted by molar-refractivity contribution is -0.123. The van der Waals surface area contributed by atoms with Crippen LogP contribution in [0.15, 0.2) is 24.3 Å². The first-order chi connectivity index (χ1) is 6.72. The third-order valence-corrected chi connectivity index (χ3v) is 2.51. The maximum atomic E-state index is 10.7. The van der Waals surface area contributed by atoms with Crippen LogP contribution in [0.2, 0.25) is 0 Å². The molecular weight excluding hydrogens is 293 g/mol.